The average Bonchev–Trinajstić information content (AvgIpc) is 3.09. The first-order valence-corrected chi connectivity index (χ1v) is 6.53. The summed E-state index contributed by atoms with van der Waals surface area (Å²) < 4.78 is 5.33. The maximum Gasteiger partial charge on any atom is 0.153 e. The molecule has 3 rings (SSSR count). The number of furan rings is 1. The Hall–Kier alpha value is -1.91. The molecule has 2 N–H and O–H groups in total. The van der Waals surface area contributed by atoms with Crippen LogP contribution in [-0.4, -0.2) is 4.98 Å². The topological polar surface area (TPSA) is 52.0 Å². The molecule has 18 heavy (non-hydrogen) atoms. The van der Waals surface area contributed by atoms with Crippen LogP contribution in [0.2, 0.25) is 0 Å². The summed E-state index contributed by atoms with van der Waals surface area (Å²) in [6.07, 6.45) is 1.66. The van der Waals surface area contributed by atoms with Crippen molar-refractivity contribution in [3.05, 3.63) is 53.6 Å². The summed E-state index contributed by atoms with van der Waals surface area (Å²) >= 11 is 1.61. The van der Waals surface area contributed by atoms with Gasteiger partial charge in [-0.3, -0.25) is 0 Å². The van der Waals surface area contributed by atoms with Crippen molar-refractivity contribution >= 4 is 11.3 Å². The first-order valence-electron chi connectivity index (χ1n) is 5.65. The third-order valence-electron chi connectivity index (χ3n) is 2.71. The minimum Gasteiger partial charge on any atom is -0.463 e. The van der Waals surface area contributed by atoms with E-state index >= 15 is 0 Å². The number of aromatic nitrogens is 1. The van der Waals surface area contributed by atoms with Crippen molar-refractivity contribution in [2.24, 2.45) is 5.73 Å². The van der Waals surface area contributed by atoms with Crippen LogP contribution in [0.5, 0.6) is 0 Å². The van der Waals surface area contributed by atoms with Gasteiger partial charge < -0.3 is 10.2 Å². The minimum atomic E-state index is 0.565. The monoisotopic (exact) mass is 256 g/mol. The van der Waals surface area contributed by atoms with E-state index in [-0.39, 0.29) is 0 Å². The number of nitrogens with two attached hydrogens (primary N) is 1. The lowest BCUT2D eigenvalue weighted by molar-refractivity contribution is 0.580. The van der Waals surface area contributed by atoms with E-state index in [0.29, 0.717) is 6.54 Å². The highest BCUT2D eigenvalue weighted by atomic mass is 32.1. The molecule has 2 aromatic heterocycles. The van der Waals surface area contributed by atoms with E-state index < -0.39 is 0 Å². The zero-order chi connectivity index (χ0) is 12.4. The van der Waals surface area contributed by atoms with Crippen molar-refractivity contribution in [3.8, 4) is 22.0 Å². The van der Waals surface area contributed by atoms with E-state index in [1.54, 1.807) is 17.6 Å². The molecule has 0 aliphatic heterocycles. The number of hydrogen-bond acceptors (Lipinski definition) is 4. The molecule has 0 fully saturated rings. The summed E-state index contributed by atoms with van der Waals surface area (Å²) in [6, 6.07) is 11.9. The molecule has 0 unspecified atom stereocenters. The molecular formula is C14H12N2OS. The number of hydrogen-bond donors (Lipinski definition) is 1. The Labute approximate surface area is 109 Å². The molecule has 4 heteroatoms. The van der Waals surface area contributed by atoms with Gasteiger partial charge >= 0.3 is 0 Å². The van der Waals surface area contributed by atoms with Crippen LogP contribution in [0.3, 0.4) is 0 Å². The summed E-state index contributed by atoms with van der Waals surface area (Å²) in [7, 11) is 0. The highest BCUT2D eigenvalue weighted by molar-refractivity contribution is 7.13. The average molecular weight is 256 g/mol. The molecule has 0 amide bonds. The normalized spacial score (nSPS) is 10.7. The Kier molecular flexibility index (Phi) is 2.96. The zero-order valence-electron chi connectivity index (χ0n) is 9.67. The highest BCUT2D eigenvalue weighted by Crippen LogP contribution is 2.29. The lowest BCUT2D eigenvalue weighted by Gasteiger charge is -1.98. The lowest BCUT2D eigenvalue weighted by atomic mass is 10.1. The van der Waals surface area contributed by atoms with Crippen molar-refractivity contribution in [2.45, 2.75) is 6.54 Å². The summed E-state index contributed by atoms with van der Waals surface area (Å²) in [5, 5.41) is 3.00. The van der Waals surface area contributed by atoms with E-state index in [0.717, 1.165) is 27.6 Å². The first kappa shape index (κ1) is 11.2. The van der Waals surface area contributed by atoms with Gasteiger partial charge in [-0.2, -0.15) is 0 Å². The van der Waals surface area contributed by atoms with Crippen LogP contribution >= 0.6 is 11.3 Å². The molecule has 0 spiro atoms. The van der Waals surface area contributed by atoms with Gasteiger partial charge in [0.25, 0.3) is 0 Å². The maximum absolute atomic E-state index is 5.58. The lowest BCUT2D eigenvalue weighted by Crippen LogP contribution is -1.95. The molecular weight excluding hydrogens is 244 g/mol. The molecule has 2 heterocycles. The molecule has 0 aliphatic rings. The predicted molar refractivity (Wildman–Crippen MR) is 73.1 cm³/mol. The molecule has 0 atom stereocenters. The van der Waals surface area contributed by atoms with E-state index in [9.17, 15) is 0 Å². The second-order valence-electron chi connectivity index (χ2n) is 3.92. The number of rotatable bonds is 3. The zero-order valence-corrected chi connectivity index (χ0v) is 10.5. The van der Waals surface area contributed by atoms with Gasteiger partial charge in [-0.25, -0.2) is 4.98 Å². The van der Waals surface area contributed by atoms with Gasteiger partial charge in [-0.15, -0.1) is 11.3 Å². The van der Waals surface area contributed by atoms with Crippen LogP contribution in [-0.2, 0) is 6.54 Å². The van der Waals surface area contributed by atoms with Gasteiger partial charge in [-0.05, 0) is 17.7 Å². The van der Waals surface area contributed by atoms with Gasteiger partial charge in [0, 0.05) is 17.5 Å². The fourth-order valence-corrected chi connectivity index (χ4v) is 2.54. The van der Waals surface area contributed by atoms with E-state index in [1.165, 1.54) is 0 Å². The fraction of sp³-hybridized carbons (Fsp3) is 0.0714. The van der Waals surface area contributed by atoms with Crippen molar-refractivity contribution in [1.82, 2.24) is 4.98 Å². The number of benzene rings is 1. The maximum atomic E-state index is 5.58. The van der Waals surface area contributed by atoms with Gasteiger partial charge in [0.15, 0.2) is 5.76 Å². The third kappa shape index (κ3) is 2.08. The Bertz CT molecular complexity index is 626. The van der Waals surface area contributed by atoms with Crippen LogP contribution < -0.4 is 5.73 Å². The Morgan fingerprint density at radius 3 is 2.67 bits per heavy atom. The van der Waals surface area contributed by atoms with Crippen molar-refractivity contribution < 1.29 is 4.42 Å². The smallest absolute Gasteiger partial charge is 0.153 e. The van der Waals surface area contributed by atoms with Crippen LogP contribution in [0, 0.1) is 0 Å². The molecule has 0 aliphatic carbocycles. The van der Waals surface area contributed by atoms with E-state index in [1.807, 2.05) is 41.8 Å². The van der Waals surface area contributed by atoms with Gasteiger partial charge in [-0.1, -0.05) is 24.3 Å². The number of nitrogens with zero attached hydrogens (tertiary/aromatic N) is 1. The second-order valence-corrected chi connectivity index (χ2v) is 4.77. The molecule has 3 nitrogen and oxygen atoms in total. The molecule has 1 aromatic carbocycles. The van der Waals surface area contributed by atoms with Crippen LogP contribution in [0.25, 0.3) is 22.0 Å². The standard InChI is InChI=1S/C14H12N2OS/c15-8-10-3-5-11(6-4-10)14-16-12(9-18-14)13-2-1-7-17-13/h1-7,9H,8,15H2. The molecule has 3 aromatic rings. The van der Waals surface area contributed by atoms with Crippen LogP contribution in [0.4, 0.5) is 0 Å². The predicted octanol–water partition coefficient (Wildman–Crippen LogP) is 3.53. The van der Waals surface area contributed by atoms with Crippen LogP contribution in [0.1, 0.15) is 5.56 Å². The third-order valence-corrected chi connectivity index (χ3v) is 3.61. The minimum absolute atomic E-state index is 0.565. The Balaban J connectivity index is 1.92. The summed E-state index contributed by atoms with van der Waals surface area (Å²) in [4.78, 5) is 4.57. The van der Waals surface area contributed by atoms with Gasteiger partial charge in [0.1, 0.15) is 10.7 Å². The highest BCUT2D eigenvalue weighted by Gasteiger charge is 2.08. The van der Waals surface area contributed by atoms with Gasteiger partial charge in [0.2, 0.25) is 0 Å². The fourth-order valence-electron chi connectivity index (χ4n) is 1.73. The summed E-state index contributed by atoms with van der Waals surface area (Å²) in [5.74, 6) is 0.802. The SMILES string of the molecule is NCc1ccc(-c2nc(-c3ccco3)cs2)cc1. The molecule has 90 valence electrons. The molecule has 0 radical (unpaired) electrons. The summed E-state index contributed by atoms with van der Waals surface area (Å²) in [6.45, 7) is 0.565. The Morgan fingerprint density at radius 1 is 1.17 bits per heavy atom. The van der Waals surface area contributed by atoms with E-state index in [4.69, 9.17) is 10.2 Å². The van der Waals surface area contributed by atoms with E-state index in [2.05, 4.69) is 4.98 Å². The van der Waals surface area contributed by atoms with Crippen molar-refractivity contribution in [3.63, 3.8) is 0 Å². The molecule has 0 saturated carbocycles. The first-order chi connectivity index (χ1) is 8.86. The molecule has 0 bridgehead atoms. The van der Waals surface area contributed by atoms with Crippen LogP contribution in [0.15, 0.2) is 52.5 Å². The van der Waals surface area contributed by atoms with Crippen molar-refractivity contribution in [1.29, 1.82) is 0 Å². The molecule has 0 saturated heterocycles. The number of thiazole rings is 1. The van der Waals surface area contributed by atoms with Crippen molar-refractivity contribution in [2.75, 3.05) is 0 Å². The van der Waals surface area contributed by atoms with Gasteiger partial charge in [0.05, 0.1) is 6.26 Å². The largest absolute Gasteiger partial charge is 0.463 e. The second kappa shape index (κ2) is 4.76. The summed E-state index contributed by atoms with van der Waals surface area (Å²) in [5.41, 5.74) is 8.69. The Morgan fingerprint density at radius 2 is 2.00 bits per heavy atom. The quantitative estimate of drug-likeness (QED) is 0.780.